The smallest absolute Gasteiger partial charge is 0.309 e. The summed E-state index contributed by atoms with van der Waals surface area (Å²) < 4.78 is 5.62. The van der Waals surface area contributed by atoms with Crippen LogP contribution in [0.1, 0.15) is 43.7 Å². The number of hydrogen-bond donors (Lipinski definition) is 2. The molecule has 1 aromatic carbocycles. The summed E-state index contributed by atoms with van der Waals surface area (Å²) in [5, 5.41) is 5.44. The first-order valence-electron chi connectivity index (χ1n) is 9.28. The molecule has 2 aromatic rings. The maximum absolute atomic E-state index is 12.2. The van der Waals surface area contributed by atoms with Crippen LogP contribution in [0, 0.1) is 0 Å². The van der Waals surface area contributed by atoms with Crippen LogP contribution in [0.4, 0.5) is 0 Å². The van der Waals surface area contributed by atoms with Crippen LogP contribution >= 0.6 is 0 Å². The molecule has 3 rings (SSSR count). The highest BCUT2D eigenvalue weighted by Gasteiger charge is 2.28. The molecule has 2 N–H and O–H groups in total. The Labute approximate surface area is 159 Å². The highest BCUT2D eigenvalue weighted by atomic mass is 16.3. The van der Waals surface area contributed by atoms with Crippen LogP contribution in [-0.4, -0.2) is 35.3 Å². The zero-order chi connectivity index (χ0) is 19.4. The summed E-state index contributed by atoms with van der Waals surface area (Å²) in [5.41, 5.74) is 2.20. The van der Waals surface area contributed by atoms with Crippen molar-refractivity contribution in [2.24, 2.45) is 0 Å². The summed E-state index contributed by atoms with van der Waals surface area (Å²) in [4.78, 5) is 26.5. The van der Waals surface area contributed by atoms with Crippen molar-refractivity contribution in [3.8, 4) is 0 Å². The number of rotatable bonds is 4. The lowest BCUT2D eigenvalue weighted by Crippen LogP contribution is -2.49. The van der Waals surface area contributed by atoms with E-state index in [2.05, 4.69) is 33.7 Å². The van der Waals surface area contributed by atoms with Crippen LogP contribution in [0.2, 0.25) is 0 Å². The molecule has 0 radical (unpaired) electrons. The molecule has 2 heterocycles. The van der Waals surface area contributed by atoms with Crippen molar-refractivity contribution in [2.45, 2.75) is 45.3 Å². The van der Waals surface area contributed by atoms with E-state index < -0.39 is 17.4 Å². The Morgan fingerprint density at radius 2 is 1.85 bits per heavy atom. The Hall–Kier alpha value is -2.60. The van der Waals surface area contributed by atoms with Gasteiger partial charge in [-0.05, 0) is 50.5 Å². The minimum atomic E-state index is -0.626. The van der Waals surface area contributed by atoms with Crippen LogP contribution in [0.3, 0.4) is 0 Å². The summed E-state index contributed by atoms with van der Waals surface area (Å²) >= 11 is 0. The third-order valence-corrected chi connectivity index (χ3v) is 4.62. The molecule has 1 aliphatic heterocycles. The van der Waals surface area contributed by atoms with Crippen LogP contribution in [0.15, 0.2) is 47.1 Å². The first-order chi connectivity index (χ1) is 12.8. The molecule has 0 fully saturated rings. The van der Waals surface area contributed by atoms with Gasteiger partial charge < -0.3 is 15.1 Å². The highest BCUT2D eigenvalue weighted by molar-refractivity contribution is 6.35. The Balaban J connectivity index is 1.69. The number of hydrogen-bond acceptors (Lipinski definition) is 4. The first-order valence-corrected chi connectivity index (χ1v) is 9.28. The lowest BCUT2D eigenvalue weighted by molar-refractivity contribution is -0.140. The van der Waals surface area contributed by atoms with Crippen LogP contribution in [0.25, 0.3) is 0 Å². The molecular formula is C21H27N3O3. The zero-order valence-electron chi connectivity index (χ0n) is 16.1. The van der Waals surface area contributed by atoms with Crippen molar-refractivity contribution >= 4 is 11.8 Å². The van der Waals surface area contributed by atoms with Gasteiger partial charge in [-0.15, -0.1) is 0 Å². The molecule has 0 unspecified atom stereocenters. The second-order valence-electron chi connectivity index (χ2n) is 7.93. The van der Waals surface area contributed by atoms with Crippen molar-refractivity contribution in [3.63, 3.8) is 0 Å². The maximum Gasteiger partial charge on any atom is 0.309 e. The van der Waals surface area contributed by atoms with Crippen molar-refractivity contribution in [1.82, 2.24) is 15.5 Å². The van der Waals surface area contributed by atoms with Gasteiger partial charge >= 0.3 is 11.8 Å². The molecular weight excluding hydrogens is 342 g/mol. The second kappa shape index (κ2) is 7.96. The number of fused-ring (bicyclic) bond motifs is 1. The van der Waals surface area contributed by atoms with Gasteiger partial charge in [0.1, 0.15) is 5.76 Å². The number of amides is 2. The summed E-state index contributed by atoms with van der Waals surface area (Å²) in [5.74, 6) is -0.463. The number of furan rings is 1. The Morgan fingerprint density at radius 3 is 2.52 bits per heavy atom. The molecule has 6 nitrogen and oxygen atoms in total. The predicted molar refractivity (Wildman–Crippen MR) is 103 cm³/mol. The van der Waals surface area contributed by atoms with Gasteiger partial charge in [0, 0.05) is 25.2 Å². The van der Waals surface area contributed by atoms with Crippen molar-refractivity contribution < 1.29 is 14.0 Å². The van der Waals surface area contributed by atoms with E-state index in [0.717, 1.165) is 25.3 Å². The average Bonchev–Trinajstić information content (AvgIpc) is 3.14. The van der Waals surface area contributed by atoms with Gasteiger partial charge in [-0.3, -0.25) is 14.5 Å². The largest absolute Gasteiger partial charge is 0.468 e. The zero-order valence-corrected chi connectivity index (χ0v) is 16.1. The van der Waals surface area contributed by atoms with E-state index in [1.807, 2.05) is 39.0 Å². The lowest BCUT2D eigenvalue weighted by Gasteiger charge is -2.34. The minimum Gasteiger partial charge on any atom is -0.468 e. The number of carbonyl (C=O) groups excluding carboxylic acids is 2. The standard InChI is InChI=1S/C21H27N3O3/c1-21(2,3)23-20(26)19(25)22-13-17(18-9-6-12-27-18)24-11-10-15-7-4-5-8-16(15)14-24/h4-9,12,17H,10-11,13-14H2,1-3H3,(H,22,25)(H,23,26)/t17-/m1/s1. The molecule has 27 heavy (non-hydrogen) atoms. The van der Waals surface area contributed by atoms with Gasteiger partial charge in [0.2, 0.25) is 0 Å². The van der Waals surface area contributed by atoms with Crippen molar-refractivity contribution in [3.05, 3.63) is 59.5 Å². The molecule has 0 saturated carbocycles. The third-order valence-electron chi connectivity index (χ3n) is 4.62. The summed E-state index contributed by atoms with van der Waals surface area (Å²) in [6.07, 6.45) is 2.58. The van der Waals surface area contributed by atoms with Crippen LogP contribution in [-0.2, 0) is 22.6 Å². The molecule has 1 aromatic heterocycles. The average molecular weight is 369 g/mol. The normalized spacial score (nSPS) is 15.7. The van der Waals surface area contributed by atoms with Gasteiger partial charge in [0.25, 0.3) is 0 Å². The number of benzene rings is 1. The molecule has 144 valence electrons. The number of nitrogens with one attached hydrogen (secondary N) is 2. The third kappa shape index (κ3) is 4.98. The van der Waals surface area contributed by atoms with E-state index in [9.17, 15) is 9.59 Å². The minimum absolute atomic E-state index is 0.125. The topological polar surface area (TPSA) is 74.6 Å². The quantitative estimate of drug-likeness (QED) is 0.812. The van der Waals surface area contributed by atoms with Gasteiger partial charge in [-0.25, -0.2) is 0 Å². The van der Waals surface area contributed by atoms with E-state index in [-0.39, 0.29) is 6.04 Å². The second-order valence-corrected chi connectivity index (χ2v) is 7.93. The van der Waals surface area contributed by atoms with E-state index in [1.54, 1.807) is 6.26 Å². The fraction of sp³-hybridized carbons (Fsp3) is 0.429. The number of nitrogens with zero attached hydrogens (tertiary/aromatic N) is 1. The van der Waals surface area contributed by atoms with Crippen LogP contribution < -0.4 is 10.6 Å². The predicted octanol–water partition coefficient (Wildman–Crippen LogP) is 2.41. The molecule has 2 amide bonds. The van der Waals surface area contributed by atoms with Gasteiger partial charge in [-0.1, -0.05) is 24.3 Å². The molecule has 0 bridgehead atoms. The molecule has 0 spiro atoms. The Morgan fingerprint density at radius 1 is 1.11 bits per heavy atom. The molecule has 1 atom stereocenters. The summed E-state index contributed by atoms with van der Waals surface area (Å²) in [6, 6.07) is 12.0. The monoisotopic (exact) mass is 369 g/mol. The maximum atomic E-state index is 12.2. The molecule has 6 heteroatoms. The lowest BCUT2D eigenvalue weighted by atomic mass is 9.98. The van der Waals surface area contributed by atoms with E-state index in [0.29, 0.717) is 6.54 Å². The Bertz CT molecular complexity index is 793. The van der Waals surface area contributed by atoms with E-state index in [4.69, 9.17) is 4.42 Å². The molecule has 1 aliphatic rings. The first kappa shape index (κ1) is 19.2. The van der Waals surface area contributed by atoms with Gasteiger partial charge in [0.05, 0.1) is 12.3 Å². The Kier molecular flexibility index (Phi) is 5.65. The van der Waals surface area contributed by atoms with E-state index in [1.165, 1.54) is 11.1 Å². The van der Waals surface area contributed by atoms with Crippen molar-refractivity contribution in [2.75, 3.05) is 13.1 Å². The summed E-state index contributed by atoms with van der Waals surface area (Å²) in [7, 11) is 0. The van der Waals surface area contributed by atoms with Crippen LogP contribution in [0.5, 0.6) is 0 Å². The summed E-state index contributed by atoms with van der Waals surface area (Å²) in [6.45, 7) is 7.49. The molecule has 0 saturated heterocycles. The van der Waals surface area contributed by atoms with Gasteiger partial charge in [-0.2, -0.15) is 0 Å². The highest BCUT2D eigenvalue weighted by Crippen LogP contribution is 2.27. The fourth-order valence-electron chi connectivity index (χ4n) is 3.34. The van der Waals surface area contributed by atoms with Crippen molar-refractivity contribution in [1.29, 1.82) is 0 Å². The fourth-order valence-corrected chi connectivity index (χ4v) is 3.34. The van der Waals surface area contributed by atoms with Gasteiger partial charge in [0.15, 0.2) is 0 Å². The SMILES string of the molecule is CC(C)(C)NC(=O)C(=O)NC[C@H](c1ccco1)N1CCc2ccccc2C1. The number of carbonyl (C=O) groups is 2. The van der Waals surface area contributed by atoms with E-state index >= 15 is 0 Å². The molecule has 0 aliphatic carbocycles.